The summed E-state index contributed by atoms with van der Waals surface area (Å²) in [7, 11) is 0. The summed E-state index contributed by atoms with van der Waals surface area (Å²) < 4.78 is 12.4. The van der Waals surface area contributed by atoms with Gasteiger partial charge in [-0.15, -0.1) is 0 Å². The van der Waals surface area contributed by atoms with Crippen LogP contribution in [0.4, 0.5) is 0 Å². The van der Waals surface area contributed by atoms with E-state index in [1.165, 1.54) is 0 Å². The molecule has 154 valence electrons. The third-order valence-electron chi connectivity index (χ3n) is 4.67. The first-order chi connectivity index (χ1) is 14.4. The topological polar surface area (TPSA) is 95.9 Å². The van der Waals surface area contributed by atoms with Gasteiger partial charge in [0.1, 0.15) is 0 Å². The van der Waals surface area contributed by atoms with Crippen LogP contribution in [0, 0.1) is 0 Å². The lowest BCUT2D eigenvalue weighted by molar-refractivity contribution is 0.0432. The van der Waals surface area contributed by atoms with Crippen LogP contribution in [-0.2, 0) is 11.3 Å². The molecule has 0 spiro atoms. The van der Waals surface area contributed by atoms with Crippen LogP contribution in [-0.4, -0.2) is 30.9 Å². The smallest absolute Gasteiger partial charge is 0.339 e. The quantitative estimate of drug-likeness (QED) is 0.434. The van der Waals surface area contributed by atoms with E-state index in [4.69, 9.17) is 14.2 Å². The SMILES string of the molecule is CC(C)c1noc(COC(=O)c2cc(-c3ccccc3)nc3c2cnn3C(C)C)n1. The molecule has 0 N–H and O–H groups in total. The van der Waals surface area contributed by atoms with Gasteiger partial charge in [0.15, 0.2) is 18.1 Å². The molecule has 0 amide bonds. The molecule has 0 aliphatic rings. The second kappa shape index (κ2) is 8.06. The Balaban J connectivity index is 1.70. The minimum Gasteiger partial charge on any atom is -0.452 e. The van der Waals surface area contributed by atoms with E-state index in [9.17, 15) is 4.79 Å². The van der Waals surface area contributed by atoms with Crippen LogP contribution < -0.4 is 0 Å². The van der Waals surface area contributed by atoms with Crippen LogP contribution in [0.5, 0.6) is 0 Å². The van der Waals surface area contributed by atoms with Crippen molar-refractivity contribution in [2.75, 3.05) is 0 Å². The molecule has 0 aliphatic carbocycles. The Hall–Kier alpha value is -3.55. The van der Waals surface area contributed by atoms with Crippen LogP contribution in [0.25, 0.3) is 22.3 Å². The molecule has 4 aromatic rings. The number of aromatic nitrogens is 5. The summed E-state index contributed by atoms with van der Waals surface area (Å²) in [4.78, 5) is 22.0. The van der Waals surface area contributed by atoms with Crippen molar-refractivity contribution in [1.29, 1.82) is 0 Å². The number of pyridine rings is 1. The van der Waals surface area contributed by atoms with Crippen LogP contribution in [0.15, 0.2) is 47.1 Å². The van der Waals surface area contributed by atoms with Gasteiger partial charge in [0.05, 0.1) is 22.8 Å². The van der Waals surface area contributed by atoms with Gasteiger partial charge in [0.2, 0.25) is 0 Å². The maximum absolute atomic E-state index is 13.0. The molecule has 8 heteroatoms. The van der Waals surface area contributed by atoms with Crippen molar-refractivity contribution < 1.29 is 14.1 Å². The first-order valence-electron chi connectivity index (χ1n) is 9.87. The summed E-state index contributed by atoms with van der Waals surface area (Å²) in [5.41, 5.74) is 2.62. The Kier molecular flexibility index (Phi) is 5.31. The van der Waals surface area contributed by atoms with E-state index in [1.807, 2.05) is 58.0 Å². The Morgan fingerprint density at radius 1 is 1.13 bits per heavy atom. The highest BCUT2D eigenvalue weighted by molar-refractivity contribution is 6.03. The molecule has 0 saturated heterocycles. The molecule has 3 aromatic heterocycles. The van der Waals surface area contributed by atoms with Gasteiger partial charge in [-0.25, -0.2) is 14.5 Å². The zero-order valence-corrected chi connectivity index (χ0v) is 17.4. The van der Waals surface area contributed by atoms with Crippen molar-refractivity contribution in [3.05, 3.63) is 59.9 Å². The number of carbonyl (C=O) groups is 1. The van der Waals surface area contributed by atoms with Crippen molar-refractivity contribution in [3.8, 4) is 11.3 Å². The molecule has 3 heterocycles. The Bertz CT molecular complexity index is 1180. The van der Waals surface area contributed by atoms with Gasteiger partial charge < -0.3 is 9.26 Å². The molecular formula is C22H23N5O3. The minimum absolute atomic E-state index is 0.0951. The Morgan fingerprint density at radius 2 is 1.90 bits per heavy atom. The molecule has 0 saturated carbocycles. The molecule has 8 nitrogen and oxygen atoms in total. The van der Waals surface area contributed by atoms with Gasteiger partial charge in [-0.2, -0.15) is 10.1 Å². The van der Waals surface area contributed by atoms with Gasteiger partial charge in [0.25, 0.3) is 5.89 Å². The zero-order chi connectivity index (χ0) is 21.3. The number of nitrogens with zero attached hydrogens (tertiary/aromatic N) is 5. The average Bonchev–Trinajstić information content (AvgIpc) is 3.39. The van der Waals surface area contributed by atoms with Gasteiger partial charge in [0, 0.05) is 17.5 Å². The van der Waals surface area contributed by atoms with Crippen molar-refractivity contribution in [3.63, 3.8) is 0 Å². The fourth-order valence-electron chi connectivity index (χ4n) is 3.09. The molecule has 0 radical (unpaired) electrons. The molecular weight excluding hydrogens is 382 g/mol. The molecule has 0 bridgehead atoms. The summed E-state index contributed by atoms with van der Waals surface area (Å²) in [5, 5.41) is 8.95. The second-order valence-corrected chi connectivity index (χ2v) is 7.62. The molecule has 0 fully saturated rings. The van der Waals surface area contributed by atoms with Gasteiger partial charge >= 0.3 is 5.97 Å². The summed E-state index contributed by atoms with van der Waals surface area (Å²) in [6, 6.07) is 11.5. The number of carbonyl (C=O) groups excluding carboxylic acids is 1. The van der Waals surface area contributed by atoms with Crippen molar-refractivity contribution in [2.24, 2.45) is 0 Å². The first-order valence-corrected chi connectivity index (χ1v) is 9.87. The highest BCUT2D eigenvalue weighted by Gasteiger charge is 2.20. The number of esters is 1. The van der Waals surface area contributed by atoms with E-state index in [-0.39, 0.29) is 24.5 Å². The normalized spacial score (nSPS) is 11.5. The average molecular weight is 405 g/mol. The summed E-state index contributed by atoms with van der Waals surface area (Å²) >= 11 is 0. The number of ether oxygens (including phenoxy) is 1. The predicted octanol–water partition coefficient (Wildman–Crippen LogP) is 4.54. The second-order valence-electron chi connectivity index (χ2n) is 7.62. The lowest BCUT2D eigenvalue weighted by Gasteiger charge is -2.10. The van der Waals surface area contributed by atoms with Crippen molar-refractivity contribution in [1.82, 2.24) is 24.9 Å². The Morgan fingerprint density at radius 3 is 2.57 bits per heavy atom. The molecule has 0 unspecified atom stereocenters. The van der Waals surface area contributed by atoms with E-state index < -0.39 is 5.97 Å². The molecule has 1 aromatic carbocycles. The number of hydrogen-bond donors (Lipinski definition) is 0. The fourth-order valence-corrected chi connectivity index (χ4v) is 3.09. The fraction of sp³-hybridized carbons (Fsp3) is 0.318. The lowest BCUT2D eigenvalue weighted by atomic mass is 10.1. The number of rotatable bonds is 6. The molecule has 4 rings (SSSR count). The lowest BCUT2D eigenvalue weighted by Crippen LogP contribution is -2.09. The van der Waals surface area contributed by atoms with Gasteiger partial charge in [-0.3, -0.25) is 0 Å². The monoisotopic (exact) mass is 405 g/mol. The largest absolute Gasteiger partial charge is 0.452 e. The first kappa shape index (κ1) is 19.8. The number of hydrogen-bond acceptors (Lipinski definition) is 7. The maximum atomic E-state index is 13.0. The van der Waals surface area contributed by atoms with Crippen LogP contribution in [0.3, 0.4) is 0 Å². The van der Waals surface area contributed by atoms with Crippen LogP contribution in [0.2, 0.25) is 0 Å². The van der Waals surface area contributed by atoms with Gasteiger partial charge in [-0.1, -0.05) is 49.3 Å². The van der Waals surface area contributed by atoms with Crippen LogP contribution in [0.1, 0.15) is 61.7 Å². The highest BCUT2D eigenvalue weighted by Crippen LogP contribution is 2.27. The van der Waals surface area contributed by atoms with Crippen LogP contribution >= 0.6 is 0 Å². The summed E-state index contributed by atoms with van der Waals surface area (Å²) in [6.07, 6.45) is 1.65. The molecule has 0 aliphatic heterocycles. The Labute approximate surface area is 173 Å². The number of benzene rings is 1. The third kappa shape index (κ3) is 3.80. The summed E-state index contributed by atoms with van der Waals surface area (Å²) in [5.74, 6) is 0.482. The maximum Gasteiger partial charge on any atom is 0.339 e. The predicted molar refractivity (Wildman–Crippen MR) is 111 cm³/mol. The van der Waals surface area contributed by atoms with Crippen molar-refractivity contribution >= 4 is 17.0 Å². The van der Waals surface area contributed by atoms with E-state index in [0.29, 0.717) is 28.1 Å². The van der Waals surface area contributed by atoms with E-state index in [1.54, 1.807) is 16.9 Å². The van der Waals surface area contributed by atoms with Crippen molar-refractivity contribution in [2.45, 2.75) is 46.3 Å². The van der Waals surface area contributed by atoms with E-state index in [2.05, 4.69) is 15.2 Å². The molecule has 30 heavy (non-hydrogen) atoms. The van der Waals surface area contributed by atoms with Gasteiger partial charge in [-0.05, 0) is 19.9 Å². The summed E-state index contributed by atoms with van der Waals surface area (Å²) in [6.45, 7) is 7.87. The number of fused-ring (bicyclic) bond motifs is 1. The standard InChI is InChI=1S/C22H23N5O3/c1-13(2)20-25-19(30-26-20)12-29-22(28)16-10-18(15-8-6-5-7-9-15)24-21-17(16)11-23-27(21)14(3)4/h5-11,13-14H,12H2,1-4H3. The van der Waals surface area contributed by atoms with E-state index >= 15 is 0 Å². The third-order valence-corrected chi connectivity index (χ3v) is 4.67. The van der Waals surface area contributed by atoms with E-state index in [0.717, 1.165) is 5.56 Å². The molecule has 0 atom stereocenters. The zero-order valence-electron chi connectivity index (χ0n) is 17.4. The minimum atomic E-state index is -0.493. The highest BCUT2D eigenvalue weighted by atomic mass is 16.6.